The molecule has 2 nitrogen and oxygen atoms in total. The van der Waals surface area contributed by atoms with E-state index in [0.717, 1.165) is 17.1 Å². The summed E-state index contributed by atoms with van der Waals surface area (Å²) < 4.78 is 0. The van der Waals surface area contributed by atoms with Gasteiger partial charge in [0.2, 0.25) is 0 Å². The molecule has 1 heterocycles. The Bertz CT molecular complexity index is 326. The first kappa shape index (κ1) is 12.6. The molecule has 0 aromatic carbocycles. The van der Waals surface area contributed by atoms with Crippen molar-refractivity contribution in [1.82, 2.24) is 9.97 Å². The summed E-state index contributed by atoms with van der Waals surface area (Å²) in [6, 6.07) is 0. The normalized spacial score (nSPS) is 15.4. The van der Waals surface area contributed by atoms with Crippen molar-refractivity contribution in [2.75, 3.05) is 0 Å². The van der Waals surface area contributed by atoms with E-state index >= 15 is 0 Å². The highest BCUT2D eigenvalue weighted by molar-refractivity contribution is 9.09. The molecule has 0 amide bonds. The summed E-state index contributed by atoms with van der Waals surface area (Å²) in [5.74, 6) is 0.992. The lowest BCUT2D eigenvalue weighted by Gasteiger charge is -2.24. The van der Waals surface area contributed by atoms with Gasteiger partial charge in [0.25, 0.3) is 0 Å². The second kappa shape index (κ2) is 5.06. The van der Waals surface area contributed by atoms with Crippen LogP contribution in [0.2, 0.25) is 0 Å². The van der Waals surface area contributed by atoms with Crippen LogP contribution in [0.25, 0.3) is 0 Å². The minimum absolute atomic E-state index is 0.423. The quantitative estimate of drug-likeness (QED) is 0.785. The molecule has 15 heavy (non-hydrogen) atoms. The number of hydrogen-bond acceptors (Lipinski definition) is 2. The van der Waals surface area contributed by atoms with Crippen LogP contribution < -0.4 is 0 Å². The van der Waals surface area contributed by atoms with E-state index in [-0.39, 0.29) is 0 Å². The SMILES string of the molecule is Cc1cnc(C)c(C(C(C)C)C(C)Br)n1. The molecule has 0 spiro atoms. The maximum absolute atomic E-state index is 4.62. The lowest BCUT2D eigenvalue weighted by molar-refractivity contribution is 0.482. The van der Waals surface area contributed by atoms with E-state index < -0.39 is 0 Å². The van der Waals surface area contributed by atoms with Crippen LogP contribution in [0.1, 0.15) is 43.8 Å². The first-order chi connectivity index (χ1) is 6.93. The fourth-order valence-electron chi connectivity index (χ4n) is 1.94. The Labute approximate surface area is 101 Å². The van der Waals surface area contributed by atoms with E-state index in [2.05, 4.69) is 46.7 Å². The third-order valence-electron chi connectivity index (χ3n) is 2.64. The molecule has 0 aliphatic carbocycles. The third-order valence-corrected chi connectivity index (χ3v) is 3.21. The summed E-state index contributed by atoms with van der Waals surface area (Å²) >= 11 is 3.67. The predicted octanol–water partition coefficient (Wildman–Crippen LogP) is 3.62. The fraction of sp³-hybridized carbons (Fsp3) is 0.667. The van der Waals surface area contributed by atoms with Gasteiger partial charge in [-0.2, -0.15) is 0 Å². The van der Waals surface area contributed by atoms with Gasteiger partial charge in [-0.3, -0.25) is 9.97 Å². The van der Waals surface area contributed by atoms with Gasteiger partial charge in [0.15, 0.2) is 0 Å². The zero-order valence-electron chi connectivity index (χ0n) is 10.1. The zero-order chi connectivity index (χ0) is 11.6. The van der Waals surface area contributed by atoms with Crippen molar-refractivity contribution in [2.24, 2.45) is 5.92 Å². The monoisotopic (exact) mass is 270 g/mol. The van der Waals surface area contributed by atoms with Crippen molar-refractivity contribution >= 4 is 15.9 Å². The highest BCUT2D eigenvalue weighted by atomic mass is 79.9. The van der Waals surface area contributed by atoms with E-state index in [0.29, 0.717) is 16.7 Å². The van der Waals surface area contributed by atoms with Gasteiger partial charge in [-0.1, -0.05) is 36.7 Å². The average Bonchev–Trinajstić information content (AvgIpc) is 2.10. The van der Waals surface area contributed by atoms with Gasteiger partial charge in [0.1, 0.15) is 0 Å². The first-order valence-corrected chi connectivity index (χ1v) is 6.29. The molecule has 84 valence electrons. The molecule has 1 rings (SSSR count). The third kappa shape index (κ3) is 3.00. The van der Waals surface area contributed by atoms with Crippen molar-refractivity contribution in [3.05, 3.63) is 23.3 Å². The Balaban J connectivity index is 3.16. The van der Waals surface area contributed by atoms with Crippen molar-refractivity contribution in [2.45, 2.75) is 45.4 Å². The number of aromatic nitrogens is 2. The van der Waals surface area contributed by atoms with Crippen LogP contribution in [-0.2, 0) is 0 Å². The van der Waals surface area contributed by atoms with E-state index in [9.17, 15) is 0 Å². The summed E-state index contributed by atoms with van der Waals surface area (Å²) in [7, 11) is 0. The number of alkyl halides is 1. The molecule has 0 aliphatic rings. The topological polar surface area (TPSA) is 25.8 Å². The molecule has 1 aromatic rings. The lowest BCUT2D eigenvalue weighted by atomic mass is 9.89. The zero-order valence-corrected chi connectivity index (χ0v) is 11.7. The van der Waals surface area contributed by atoms with Gasteiger partial charge in [0.05, 0.1) is 17.1 Å². The molecule has 0 aliphatic heterocycles. The van der Waals surface area contributed by atoms with Gasteiger partial charge in [0, 0.05) is 16.9 Å². The maximum atomic E-state index is 4.62. The second-order valence-corrected chi connectivity index (χ2v) is 5.87. The van der Waals surface area contributed by atoms with Gasteiger partial charge in [-0.05, 0) is 19.8 Å². The number of hydrogen-bond donors (Lipinski definition) is 0. The Kier molecular flexibility index (Phi) is 4.26. The van der Waals surface area contributed by atoms with Gasteiger partial charge in [-0.25, -0.2) is 0 Å². The van der Waals surface area contributed by atoms with Gasteiger partial charge < -0.3 is 0 Å². The molecular formula is C12H19BrN2. The highest BCUT2D eigenvalue weighted by Gasteiger charge is 2.24. The predicted molar refractivity (Wildman–Crippen MR) is 67.5 cm³/mol. The van der Waals surface area contributed by atoms with Crippen molar-refractivity contribution in [3.8, 4) is 0 Å². The molecule has 0 fully saturated rings. The lowest BCUT2D eigenvalue weighted by Crippen LogP contribution is -2.19. The molecule has 0 radical (unpaired) electrons. The van der Waals surface area contributed by atoms with Crippen LogP contribution in [0.3, 0.4) is 0 Å². The number of halogens is 1. The van der Waals surface area contributed by atoms with Crippen LogP contribution in [-0.4, -0.2) is 14.8 Å². The molecule has 2 atom stereocenters. The fourth-order valence-corrected chi connectivity index (χ4v) is 2.80. The average molecular weight is 271 g/mol. The Morgan fingerprint density at radius 1 is 1.20 bits per heavy atom. The van der Waals surface area contributed by atoms with E-state index in [1.54, 1.807) is 0 Å². The van der Waals surface area contributed by atoms with Crippen LogP contribution in [0, 0.1) is 19.8 Å². The number of nitrogens with zero attached hydrogens (tertiary/aromatic N) is 2. The number of rotatable bonds is 3. The molecule has 1 aromatic heterocycles. The molecule has 0 saturated carbocycles. The van der Waals surface area contributed by atoms with Crippen LogP contribution >= 0.6 is 15.9 Å². The molecule has 2 unspecified atom stereocenters. The summed E-state index contributed by atoms with van der Waals surface area (Å²) in [4.78, 5) is 9.43. The van der Waals surface area contributed by atoms with Crippen molar-refractivity contribution in [3.63, 3.8) is 0 Å². The van der Waals surface area contributed by atoms with Crippen LogP contribution in [0.15, 0.2) is 6.20 Å². The molecular weight excluding hydrogens is 252 g/mol. The Morgan fingerprint density at radius 3 is 2.27 bits per heavy atom. The molecule has 3 heteroatoms. The minimum atomic E-state index is 0.423. The minimum Gasteiger partial charge on any atom is -0.258 e. The summed E-state index contributed by atoms with van der Waals surface area (Å²) in [5, 5.41) is 0. The Morgan fingerprint density at radius 2 is 1.80 bits per heavy atom. The van der Waals surface area contributed by atoms with E-state index in [1.165, 1.54) is 0 Å². The summed E-state index contributed by atoms with van der Waals surface area (Å²) in [5.41, 5.74) is 3.18. The molecule has 0 bridgehead atoms. The van der Waals surface area contributed by atoms with Crippen molar-refractivity contribution in [1.29, 1.82) is 0 Å². The first-order valence-electron chi connectivity index (χ1n) is 5.37. The standard InChI is InChI=1S/C12H19BrN2/c1-7(2)11(9(4)13)12-10(5)14-6-8(3)15-12/h6-7,9,11H,1-5H3. The van der Waals surface area contributed by atoms with Crippen molar-refractivity contribution < 1.29 is 0 Å². The van der Waals surface area contributed by atoms with Gasteiger partial charge >= 0.3 is 0 Å². The summed E-state index contributed by atoms with van der Waals surface area (Å²) in [6.45, 7) is 10.7. The van der Waals surface area contributed by atoms with Crippen LogP contribution in [0.5, 0.6) is 0 Å². The van der Waals surface area contributed by atoms with Crippen LogP contribution in [0.4, 0.5) is 0 Å². The molecule has 0 N–H and O–H groups in total. The van der Waals surface area contributed by atoms with E-state index in [4.69, 9.17) is 0 Å². The highest BCUT2D eigenvalue weighted by Crippen LogP contribution is 2.32. The summed E-state index contributed by atoms with van der Waals surface area (Å²) in [6.07, 6.45) is 1.83. The molecule has 0 saturated heterocycles. The number of aryl methyl sites for hydroxylation is 2. The smallest absolute Gasteiger partial charge is 0.0663 e. The maximum Gasteiger partial charge on any atom is 0.0663 e. The largest absolute Gasteiger partial charge is 0.258 e. The second-order valence-electron chi connectivity index (χ2n) is 4.43. The van der Waals surface area contributed by atoms with E-state index in [1.807, 2.05) is 20.0 Å². The Hall–Kier alpha value is -0.440. The van der Waals surface area contributed by atoms with Gasteiger partial charge in [-0.15, -0.1) is 0 Å².